The first-order valence-electron chi connectivity index (χ1n) is 6.09. The maximum atomic E-state index is 11.6. The van der Waals surface area contributed by atoms with Crippen LogP contribution in [0.1, 0.15) is 25.8 Å². The molecule has 1 rings (SSSR count). The lowest BCUT2D eigenvalue weighted by Crippen LogP contribution is -2.41. The van der Waals surface area contributed by atoms with Gasteiger partial charge in [-0.15, -0.1) is 0 Å². The fraction of sp³-hybridized carbons (Fsp3) is 0.333. The third-order valence-corrected chi connectivity index (χ3v) is 2.40. The number of nitrogens with one attached hydrogen (secondary N) is 1. The van der Waals surface area contributed by atoms with Crippen LogP contribution in [0.5, 0.6) is 0 Å². The van der Waals surface area contributed by atoms with E-state index in [4.69, 9.17) is 5.11 Å². The predicted molar refractivity (Wildman–Crippen MR) is 72.3 cm³/mol. The predicted octanol–water partition coefficient (Wildman–Crippen LogP) is 1.65. The van der Waals surface area contributed by atoms with Gasteiger partial charge in [-0.25, -0.2) is 4.79 Å². The Morgan fingerprint density at radius 1 is 1.26 bits per heavy atom. The van der Waals surface area contributed by atoms with Gasteiger partial charge in [0.15, 0.2) is 0 Å². The van der Waals surface area contributed by atoms with Gasteiger partial charge in [0.2, 0.25) is 0 Å². The van der Waals surface area contributed by atoms with Gasteiger partial charge in [-0.3, -0.25) is 4.79 Å². The number of carboxylic acid groups (broad SMARTS) is 1. The maximum absolute atomic E-state index is 11.6. The van der Waals surface area contributed by atoms with Crippen molar-refractivity contribution >= 4 is 11.9 Å². The second-order valence-electron chi connectivity index (χ2n) is 4.61. The van der Waals surface area contributed by atoms with E-state index in [1.807, 2.05) is 32.0 Å². The molecular formula is C15H17NO3. The van der Waals surface area contributed by atoms with E-state index in [1.165, 1.54) is 0 Å². The minimum Gasteiger partial charge on any atom is -0.480 e. The molecule has 1 aromatic carbocycles. The van der Waals surface area contributed by atoms with Crippen molar-refractivity contribution in [2.45, 2.75) is 26.3 Å². The van der Waals surface area contributed by atoms with Gasteiger partial charge in [-0.05, 0) is 24.5 Å². The summed E-state index contributed by atoms with van der Waals surface area (Å²) >= 11 is 0. The molecule has 2 N–H and O–H groups in total. The molecule has 4 heteroatoms. The zero-order valence-electron chi connectivity index (χ0n) is 11.0. The molecule has 0 unspecified atom stereocenters. The lowest BCUT2D eigenvalue weighted by Gasteiger charge is -2.14. The van der Waals surface area contributed by atoms with Crippen LogP contribution in [0, 0.1) is 17.8 Å². The molecule has 0 aromatic heterocycles. The average molecular weight is 259 g/mol. The Hall–Kier alpha value is -2.28. The van der Waals surface area contributed by atoms with Gasteiger partial charge >= 0.3 is 5.97 Å². The first kappa shape index (κ1) is 14.8. The lowest BCUT2D eigenvalue weighted by molar-refractivity contribution is -0.141. The Morgan fingerprint density at radius 3 is 2.42 bits per heavy atom. The number of carbonyl (C=O) groups excluding carboxylic acids is 1. The van der Waals surface area contributed by atoms with Gasteiger partial charge in [-0.1, -0.05) is 38.0 Å². The molecule has 0 aliphatic rings. The Kier molecular flexibility index (Phi) is 5.62. The first-order valence-corrected chi connectivity index (χ1v) is 6.09. The highest BCUT2D eigenvalue weighted by Crippen LogP contribution is 2.04. The fourth-order valence-corrected chi connectivity index (χ4v) is 1.54. The van der Waals surface area contributed by atoms with E-state index < -0.39 is 17.9 Å². The number of hydrogen-bond acceptors (Lipinski definition) is 2. The van der Waals surface area contributed by atoms with E-state index in [9.17, 15) is 9.59 Å². The number of hydrogen-bond donors (Lipinski definition) is 2. The third-order valence-electron chi connectivity index (χ3n) is 2.40. The molecule has 0 bridgehead atoms. The van der Waals surface area contributed by atoms with Crippen LogP contribution in [0.2, 0.25) is 0 Å². The number of amides is 1. The van der Waals surface area contributed by atoms with Crippen LogP contribution in [-0.4, -0.2) is 23.0 Å². The molecule has 0 radical (unpaired) electrons. The highest BCUT2D eigenvalue weighted by molar-refractivity contribution is 5.96. The number of aliphatic carboxylic acids is 1. The number of carbonyl (C=O) groups is 2. The third kappa shape index (κ3) is 5.73. The highest BCUT2D eigenvalue weighted by Gasteiger charge is 2.20. The van der Waals surface area contributed by atoms with E-state index in [1.54, 1.807) is 12.1 Å². The monoisotopic (exact) mass is 259 g/mol. The van der Waals surface area contributed by atoms with Crippen LogP contribution >= 0.6 is 0 Å². The van der Waals surface area contributed by atoms with E-state index in [2.05, 4.69) is 17.2 Å². The van der Waals surface area contributed by atoms with Crippen molar-refractivity contribution in [2.75, 3.05) is 0 Å². The van der Waals surface area contributed by atoms with Crippen molar-refractivity contribution in [2.24, 2.45) is 5.92 Å². The lowest BCUT2D eigenvalue weighted by atomic mass is 10.0. The Balaban J connectivity index is 2.63. The Labute approximate surface area is 112 Å². The quantitative estimate of drug-likeness (QED) is 0.808. The normalized spacial score (nSPS) is 11.3. The molecule has 0 saturated heterocycles. The maximum Gasteiger partial charge on any atom is 0.326 e. The van der Waals surface area contributed by atoms with Crippen molar-refractivity contribution < 1.29 is 14.7 Å². The molecule has 0 spiro atoms. The first-order chi connectivity index (χ1) is 8.99. The van der Waals surface area contributed by atoms with Crippen LogP contribution in [0.3, 0.4) is 0 Å². The van der Waals surface area contributed by atoms with Crippen molar-refractivity contribution in [3.8, 4) is 11.8 Å². The summed E-state index contributed by atoms with van der Waals surface area (Å²) in [6.07, 6.45) is 0.383. The number of carboxylic acids is 1. The van der Waals surface area contributed by atoms with Gasteiger partial charge in [0, 0.05) is 11.5 Å². The second-order valence-corrected chi connectivity index (χ2v) is 4.61. The largest absolute Gasteiger partial charge is 0.480 e. The van der Waals surface area contributed by atoms with Gasteiger partial charge in [0.05, 0.1) is 0 Å². The molecular weight excluding hydrogens is 242 g/mol. The summed E-state index contributed by atoms with van der Waals surface area (Å²) in [5.41, 5.74) is 0.716. The number of benzene rings is 1. The topological polar surface area (TPSA) is 66.4 Å². The van der Waals surface area contributed by atoms with Crippen molar-refractivity contribution in [1.29, 1.82) is 0 Å². The summed E-state index contributed by atoms with van der Waals surface area (Å²) in [6.45, 7) is 3.80. The summed E-state index contributed by atoms with van der Waals surface area (Å²) in [5.74, 6) is 3.65. The average Bonchev–Trinajstić information content (AvgIpc) is 2.36. The zero-order chi connectivity index (χ0) is 14.3. The molecule has 1 atom stereocenters. The van der Waals surface area contributed by atoms with Gasteiger partial charge in [0.25, 0.3) is 5.91 Å². The molecule has 1 amide bonds. The Morgan fingerprint density at radius 2 is 1.89 bits per heavy atom. The summed E-state index contributed by atoms with van der Waals surface area (Å²) in [5, 5.41) is 11.4. The number of rotatable bonds is 4. The van der Waals surface area contributed by atoms with Gasteiger partial charge in [-0.2, -0.15) is 0 Å². The van der Waals surface area contributed by atoms with Crippen LogP contribution in [-0.2, 0) is 9.59 Å². The van der Waals surface area contributed by atoms with E-state index >= 15 is 0 Å². The van der Waals surface area contributed by atoms with Crippen molar-refractivity contribution in [3.63, 3.8) is 0 Å². The fourth-order valence-electron chi connectivity index (χ4n) is 1.54. The van der Waals surface area contributed by atoms with Gasteiger partial charge in [0.1, 0.15) is 6.04 Å². The van der Waals surface area contributed by atoms with Crippen LogP contribution in [0.25, 0.3) is 0 Å². The summed E-state index contributed by atoms with van der Waals surface area (Å²) in [4.78, 5) is 22.5. The minimum absolute atomic E-state index is 0.184. The highest BCUT2D eigenvalue weighted by atomic mass is 16.4. The molecule has 0 fully saturated rings. The molecule has 19 heavy (non-hydrogen) atoms. The van der Waals surface area contributed by atoms with E-state index in [-0.39, 0.29) is 5.92 Å². The van der Waals surface area contributed by atoms with Gasteiger partial charge < -0.3 is 10.4 Å². The molecule has 1 aromatic rings. The van der Waals surface area contributed by atoms with Crippen LogP contribution in [0.15, 0.2) is 30.3 Å². The summed E-state index contributed by atoms with van der Waals surface area (Å²) in [6, 6.07) is 8.17. The smallest absolute Gasteiger partial charge is 0.326 e. The van der Waals surface area contributed by atoms with Crippen molar-refractivity contribution in [1.82, 2.24) is 5.32 Å². The van der Waals surface area contributed by atoms with Crippen molar-refractivity contribution in [3.05, 3.63) is 35.9 Å². The molecule has 4 nitrogen and oxygen atoms in total. The van der Waals surface area contributed by atoms with Crippen LogP contribution < -0.4 is 5.32 Å². The van der Waals surface area contributed by atoms with Crippen LogP contribution in [0.4, 0.5) is 0 Å². The molecule has 0 saturated carbocycles. The molecule has 0 heterocycles. The summed E-state index contributed by atoms with van der Waals surface area (Å²) < 4.78 is 0. The van der Waals surface area contributed by atoms with E-state index in [0.29, 0.717) is 12.0 Å². The molecule has 0 aliphatic carbocycles. The van der Waals surface area contributed by atoms with E-state index in [0.717, 1.165) is 0 Å². The molecule has 0 aliphatic heterocycles. The molecule has 100 valence electrons. The Bertz CT molecular complexity index is 497. The SMILES string of the molecule is CC(C)C[C@H](NC(=O)C#Cc1ccccc1)C(=O)O. The standard InChI is InChI=1S/C15H17NO3/c1-11(2)10-13(15(18)19)16-14(17)9-8-12-6-4-3-5-7-12/h3-7,11,13H,10H2,1-2H3,(H,16,17)(H,18,19)/t13-/m0/s1. The minimum atomic E-state index is -1.04. The summed E-state index contributed by atoms with van der Waals surface area (Å²) in [7, 11) is 0. The second kappa shape index (κ2) is 7.22. The zero-order valence-corrected chi connectivity index (χ0v) is 11.0.